The summed E-state index contributed by atoms with van der Waals surface area (Å²) >= 11 is 5.73. The number of aromatic nitrogens is 1. The molecule has 6 nitrogen and oxygen atoms in total. The van der Waals surface area contributed by atoms with Crippen LogP contribution in [0, 0.1) is 0 Å². The number of likely N-dealkylation sites (N-methyl/N-ethyl adjacent to an activating group) is 1. The molecule has 1 aliphatic heterocycles. The lowest BCUT2D eigenvalue weighted by Gasteiger charge is -2.10. The van der Waals surface area contributed by atoms with Crippen molar-refractivity contribution in [2.45, 2.75) is 12.5 Å². The SMILES string of the molecule is CN1C(=O)CC(NC(=O)c2cc(Cl)ccn2)C1=O. The molecule has 1 saturated heterocycles. The van der Waals surface area contributed by atoms with Gasteiger partial charge < -0.3 is 5.32 Å². The van der Waals surface area contributed by atoms with Gasteiger partial charge in [-0.15, -0.1) is 0 Å². The number of hydrogen-bond donors (Lipinski definition) is 1. The van der Waals surface area contributed by atoms with Gasteiger partial charge in [-0.05, 0) is 12.1 Å². The minimum Gasteiger partial charge on any atom is -0.338 e. The molecule has 1 aromatic heterocycles. The molecular formula is C11H10ClN3O3. The molecule has 0 aromatic carbocycles. The summed E-state index contributed by atoms with van der Waals surface area (Å²) in [6.07, 6.45) is 1.37. The first-order valence-electron chi connectivity index (χ1n) is 5.22. The predicted octanol–water partition coefficient (Wildman–Crippen LogP) is 0.222. The van der Waals surface area contributed by atoms with E-state index in [1.54, 1.807) is 0 Å². The van der Waals surface area contributed by atoms with E-state index in [2.05, 4.69) is 10.3 Å². The highest BCUT2D eigenvalue weighted by molar-refractivity contribution is 6.30. The molecule has 0 spiro atoms. The summed E-state index contributed by atoms with van der Waals surface area (Å²) in [6.45, 7) is 0. The number of halogens is 1. The van der Waals surface area contributed by atoms with Crippen LogP contribution in [0.2, 0.25) is 5.02 Å². The molecule has 3 amide bonds. The van der Waals surface area contributed by atoms with Crippen LogP contribution in [0.25, 0.3) is 0 Å². The Kier molecular flexibility index (Phi) is 3.29. The quantitative estimate of drug-likeness (QED) is 0.778. The first-order valence-corrected chi connectivity index (χ1v) is 5.59. The summed E-state index contributed by atoms with van der Waals surface area (Å²) in [5.41, 5.74) is 0.109. The zero-order valence-electron chi connectivity index (χ0n) is 9.51. The standard InChI is InChI=1S/C11H10ClN3O3/c1-15-9(16)5-8(11(15)18)14-10(17)7-4-6(12)2-3-13-7/h2-4,8H,5H2,1H3,(H,14,17). The van der Waals surface area contributed by atoms with Gasteiger partial charge in [-0.25, -0.2) is 0 Å². The van der Waals surface area contributed by atoms with Gasteiger partial charge in [0.15, 0.2) is 0 Å². The number of rotatable bonds is 2. The second-order valence-electron chi connectivity index (χ2n) is 3.88. The van der Waals surface area contributed by atoms with Crippen LogP contribution >= 0.6 is 11.6 Å². The number of imide groups is 1. The van der Waals surface area contributed by atoms with Crippen molar-refractivity contribution >= 4 is 29.3 Å². The molecule has 2 heterocycles. The van der Waals surface area contributed by atoms with Gasteiger partial charge >= 0.3 is 0 Å². The molecule has 1 unspecified atom stereocenters. The molecule has 0 radical (unpaired) electrons. The predicted molar refractivity (Wildman–Crippen MR) is 62.9 cm³/mol. The van der Waals surface area contributed by atoms with Gasteiger partial charge in [-0.1, -0.05) is 11.6 Å². The normalized spacial score (nSPS) is 19.2. The summed E-state index contributed by atoms with van der Waals surface area (Å²) in [6, 6.07) is 2.11. The Morgan fingerprint density at radius 1 is 1.56 bits per heavy atom. The monoisotopic (exact) mass is 267 g/mol. The summed E-state index contributed by atoms with van der Waals surface area (Å²) in [5, 5.41) is 2.84. The number of pyridine rings is 1. The fraction of sp³-hybridized carbons (Fsp3) is 0.273. The van der Waals surface area contributed by atoms with E-state index in [0.29, 0.717) is 5.02 Å². The second-order valence-corrected chi connectivity index (χ2v) is 4.32. The van der Waals surface area contributed by atoms with Crippen molar-refractivity contribution in [2.24, 2.45) is 0 Å². The number of nitrogens with one attached hydrogen (secondary N) is 1. The lowest BCUT2D eigenvalue weighted by atomic mass is 10.2. The molecule has 0 saturated carbocycles. The Bertz CT molecular complexity index is 532. The number of nitrogens with zero attached hydrogens (tertiary/aromatic N) is 2. The van der Waals surface area contributed by atoms with Crippen LogP contribution in [-0.4, -0.2) is 40.7 Å². The zero-order chi connectivity index (χ0) is 13.3. The average Bonchev–Trinajstić information content (AvgIpc) is 2.57. The van der Waals surface area contributed by atoms with Gasteiger partial charge in [-0.2, -0.15) is 0 Å². The highest BCUT2D eigenvalue weighted by Gasteiger charge is 2.37. The average molecular weight is 268 g/mol. The Hall–Kier alpha value is -1.95. The number of hydrogen-bond acceptors (Lipinski definition) is 4. The third-order valence-corrected chi connectivity index (χ3v) is 2.88. The molecular weight excluding hydrogens is 258 g/mol. The largest absolute Gasteiger partial charge is 0.338 e. The van der Waals surface area contributed by atoms with Crippen molar-refractivity contribution in [3.63, 3.8) is 0 Å². The summed E-state index contributed by atoms with van der Waals surface area (Å²) in [7, 11) is 1.38. The maximum atomic E-state index is 11.8. The van der Waals surface area contributed by atoms with E-state index >= 15 is 0 Å². The van der Waals surface area contributed by atoms with Crippen molar-refractivity contribution in [1.29, 1.82) is 0 Å². The topological polar surface area (TPSA) is 79.4 Å². The maximum absolute atomic E-state index is 11.8. The van der Waals surface area contributed by atoms with Crippen LogP contribution in [0.4, 0.5) is 0 Å². The van der Waals surface area contributed by atoms with Gasteiger partial charge in [0, 0.05) is 18.3 Å². The Morgan fingerprint density at radius 3 is 2.83 bits per heavy atom. The van der Waals surface area contributed by atoms with E-state index in [4.69, 9.17) is 11.6 Å². The van der Waals surface area contributed by atoms with Gasteiger partial charge in [0.05, 0.1) is 6.42 Å². The molecule has 1 aliphatic rings. The molecule has 2 rings (SSSR count). The number of carbonyl (C=O) groups excluding carboxylic acids is 3. The molecule has 7 heteroatoms. The van der Waals surface area contributed by atoms with E-state index in [1.807, 2.05) is 0 Å². The number of amides is 3. The lowest BCUT2D eigenvalue weighted by Crippen LogP contribution is -2.40. The minimum absolute atomic E-state index is 0.0262. The fourth-order valence-corrected chi connectivity index (χ4v) is 1.79. The van der Waals surface area contributed by atoms with Gasteiger partial charge in [-0.3, -0.25) is 24.3 Å². The third kappa shape index (κ3) is 2.33. The third-order valence-electron chi connectivity index (χ3n) is 2.64. The molecule has 18 heavy (non-hydrogen) atoms. The van der Waals surface area contributed by atoms with Gasteiger partial charge in [0.2, 0.25) is 5.91 Å². The first kappa shape index (κ1) is 12.5. The molecule has 1 N–H and O–H groups in total. The number of likely N-dealkylation sites (tertiary alicyclic amines) is 1. The van der Waals surface area contributed by atoms with Crippen molar-refractivity contribution in [2.75, 3.05) is 7.05 Å². The minimum atomic E-state index is -0.823. The summed E-state index contributed by atoms with van der Waals surface area (Å²) in [5.74, 6) is -1.27. The Morgan fingerprint density at radius 2 is 2.28 bits per heavy atom. The fourth-order valence-electron chi connectivity index (χ4n) is 1.63. The van der Waals surface area contributed by atoms with Crippen molar-refractivity contribution < 1.29 is 14.4 Å². The van der Waals surface area contributed by atoms with Crippen molar-refractivity contribution in [3.8, 4) is 0 Å². The van der Waals surface area contributed by atoms with Crippen LogP contribution in [0.3, 0.4) is 0 Å². The molecule has 1 atom stereocenters. The van der Waals surface area contributed by atoms with Crippen LogP contribution in [-0.2, 0) is 9.59 Å². The summed E-state index contributed by atoms with van der Waals surface area (Å²) in [4.78, 5) is 39.5. The smallest absolute Gasteiger partial charge is 0.270 e. The second kappa shape index (κ2) is 4.73. The first-order chi connectivity index (χ1) is 8.49. The Balaban J connectivity index is 2.09. The van der Waals surface area contributed by atoms with E-state index in [0.717, 1.165) is 4.90 Å². The molecule has 1 aromatic rings. The highest BCUT2D eigenvalue weighted by atomic mass is 35.5. The van der Waals surface area contributed by atoms with E-state index in [1.165, 1.54) is 25.4 Å². The summed E-state index contributed by atoms with van der Waals surface area (Å²) < 4.78 is 0. The van der Waals surface area contributed by atoms with Gasteiger partial charge in [0.25, 0.3) is 11.8 Å². The highest BCUT2D eigenvalue weighted by Crippen LogP contribution is 2.12. The molecule has 0 bridgehead atoms. The van der Waals surface area contributed by atoms with Crippen LogP contribution in [0.15, 0.2) is 18.3 Å². The lowest BCUT2D eigenvalue weighted by molar-refractivity contribution is -0.137. The van der Waals surface area contributed by atoms with Crippen molar-refractivity contribution in [3.05, 3.63) is 29.0 Å². The van der Waals surface area contributed by atoms with Crippen molar-refractivity contribution in [1.82, 2.24) is 15.2 Å². The van der Waals surface area contributed by atoms with E-state index in [9.17, 15) is 14.4 Å². The molecule has 94 valence electrons. The zero-order valence-corrected chi connectivity index (χ0v) is 10.3. The van der Waals surface area contributed by atoms with E-state index < -0.39 is 17.9 Å². The molecule has 0 aliphatic carbocycles. The van der Waals surface area contributed by atoms with Crippen LogP contribution < -0.4 is 5.32 Å². The van der Waals surface area contributed by atoms with Gasteiger partial charge in [0.1, 0.15) is 11.7 Å². The maximum Gasteiger partial charge on any atom is 0.270 e. The van der Waals surface area contributed by atoms with Crippen LogP contribution in [0.5, 0.6) is 0 Å². The molecule has 1 fully saturated rings. The van der Waals surface area contributed by atoms with E-state index in [-0.39, 0.29) is 18.0 Å². The Labute approximate surface area is 108 Å². The number of carbonyl (C=O) groups is 3. The van der Waals surface area contributed by atoms with Crippen LogP contribution in [0.1, 0.15) is 16.9 Å².